The van der Waals surface area contributed by atoms with E-state index in [1.807, 2.05) is 4.98 Å². The maximum Gasteiger partial charge on any atom is 0.378 e. The Morgan fingerprint density at radius 2 is 1.96 bits per heavy atom. The summed E-state index contributed by atoms with van der Waals surface area (Å²) < 4.78 is 17.1. The first-order valence-corrected chi connectivity index (χ1v) is 10.4. The fourth-order valence-electron chi connectivity index (χ4n) is 2.64. The van der Waals surface area contributed by atoms with Crippen LogP contribution < -0.4 is 15.8 Å². The second kappa shape index (κ2) is 8.03. The highest BCUT2D eigenvalue weighted by Crippen LogP contribution is 2.48. The molecular weight excluding hydrogens is 399 g/mol. The third-order valence-corrected chi connectivity index (χ3v) is 5.27. The summed E-state index contributed by atoms with van der Waals surface area (Å²) in [6.45, 7) is -4.42. The lowest BCUT2D eigenvalue weighted by atomic mass is 10.1. The van der Waals surface area contributed by atoms with Gasteiger partial charge in [0.25, 0.3) is 5.56 Å². The summed E-state index contributed by atoms with van der Waals surface area (Å²) in [5.74, 6) is 0.269. The fraction of sp³-hybridized carbons (Fsp3) is 0.333. The van der Waals surface area contributed by atoms with E-state index >= 15 is 0 Å². The van der Waals surface area contributed by atoms with Crippen molar-refractivity contribution >= 4 is 18.5 Å². The molecule has 0 saturated carbocycles. The normalized spacial score (nSPS) is 27.2. The second-order valence-corrected chi connectivity index (χ2v) is 8.41. The van der Waals surface area contributed by atoms with Crippen molar-refractivity contribution in [2.24, 2.45) is 0 Å². The van der Waals surface area contributed by atoms with E-state index in [0.29, 0.717) is 0 Å². The molecular formula is C15H17N2O8PS. The van der Waals surface area contributed by atoms with Crippen LogP contribution in [0.25, 0.3) is 0 Å². The Morgan fingerprint density at radius 1 is 1.26 bits per heavy atom. The molecule has 4 N–H and O–H groups in total. The summed E-state index contributed by atoms with van der Waals surface area (Å²) in [7, 11) is 0. The number of para-hydroxylation sites is 1. The molecule has 1 saturated heterocycles. The second-order valence-electron chi connectivity index (χ2n) is 5.70. The Kier molecular flexibility index (Phi) is 5.92. The summed E-state index contributed by atoms with van der Waals surface area (Å²) in [6.07, 6.45) is -3.94. The van der Waals surface area contributed by atoms with Gasteiger partial charge < -0.3 is 24.4 Å². The lowest BCUT2D eigenvalue weighted by molar-refractivity contribution is -0.0546. The van der Waals surface area contributed by atoms with E-state index in [4.69, 9.17) is 25.6 Å². The molecule has 0 amide bonds. The summed E-state index contributed by atoms with van der Waals surface area (Å²) in [4.78, 5) is 35.5. The standard InChI is InChI=1S/C15H17N2O8PS/c18-8-10-13(25-26(22,27)24-9-4-2-1-3-5-9)12(20)14(23-10)17-7-6-11(19)16-15(17)21/h1-7,10,12-14,18,20H,8H2,(H,22,27)(H,16,19,21)/t10-,12-,13-,14-,26?/m1/s1. The van der Waals surface area contributed by atoms with Crippen molar-refractivity contribution in [2.75, 3.05) is 6.61 Å². The van der Waals surface area contributed by atoms with Gasteiger partial charge in [-0.2, -0.15) is 0 Å². The van der Waals surface area contributed by atoms with Crippen molar-refractivity contribution in [3.8, 4) is 5.75 Å². The average molecular weight is 416 g/mol. The number of aromatic amines is 1. The molecule has 1 aliphatic rings. The highest BCUT2D eigenvalue weighted by molar-refractivity contribution is 8.07. The van der Waals surface area contributed by atoms with Crippen molar-refractivity contribution in [3.05, 3.63) is 63.4 Å². The SMILES string of the molecule is O=c1ccn([C@@H]2O[C@H](CO)[C@@H](OP(O)(=S)Oc3ccccc3)[C@H]2O)c(=O)[nH]1. The lowest BCUT2D eigenvalue weighted by Crippen LogP contribution is -2.38. The number of nitrogens with one attached hydrogen (secondary N) is 1. The van der Waals surface area contributed by atoms with E-state index in [1.54, 1.807) is 30.3 Å². The maximum absolute atomic E-state index is 11.9. The minimum atomic E-state index is -3.85. The van der Waals surface area contributed by atoms with Crippen LogP contribution in [0.15, 0.2) is 52.2 Å². The monoisotopic (exact) mass is 416 g/mol. The molecule has 10 nitrogen and oxygen atoms in total. The van der Waals surface area contributed by atoms with Crippen LogP contribution in [0, 0.1) is 0 Å². The number of H-pyrrole nitrogens is 1. The Morgan fingerprint density at radius 3 is 2.59 bits per heavy atom. The number of aromatic nitrogens is 2. The molecule has 1 fully saturated rings. The number of benzene rings is 1. The highest BCUT2D eigenvalue weighted by Gasteiger charge is 2.48. The van der Waals surface area contributed by atoms with E-state index in [1.165, 1.54) is 0 Å². The minimum absolute atomic E-state index is 0.269. The zero-order valence-corrected chi connectivity index (χ0v) is 15.5. The Labute approximate surface area is 157 Å². The minimum Gasteiger partial charge on any atom is -0.424 e. The predicted octanol–water partition coefficient (Wildman–Crippen LogP) is -0.532. The Balaban J connectivity index is 1.81. The predicted molar refractivity (Wildman–Crippen MR) is 96.8 cm³/mol. The van der Waals surface area contributed by atoms with Crippen LogP contribution in [-0.4, -0.2) is 49.6 Å². The van der Waals surface area contributed by atoms with Crippen LogP contribution >= 0.6 is 6.72 Å². The molecule has 0 aliphatic carbocycles. The van der Waals surface area contributed by atoms with Gasteiger partial charge in [-0.1, -0.05) is 18.2 Å². The average Bonchev–Trinajstić information content (AvgIpc) is 2.91. The first-order chi connectivity index (χ1) is 12.8. The van der Waals surface area contributed by atoms with Crippen LogP contribution in [0.2, 0.25) is 0 Å². The summed E-state index contributed by atoms with van der Waals surface area (Å²) in [6, 6.07) is 9.30. The van der Waals surface area contributed by atoms with Crippen molar-refractivity contribution in [3.63, 3.8) is 0 Å². The van der Waals surface area contributed by atoms with Crippen molar-refractivity contribution in [1.29, 1.82) is 0 Å². The zero-order valence-electron chi connectivity index (χ0n) is 13.7. The lowest BCUT2D eigenvalue weighted by Gasteiger charge is -2.24. The topological polar surface area (TPSA) is 143 Å². The molecule has 0 bridgehead atoms. The van der Waals surface area contributed by atoms with Gasteiger partial charge in [0, 0.05) is 24.1 Å². The van der Waals surface area contributed by atoms with Crippen molar-refractivity contribution in [2.45, 2.75) is 24.5 Å². The smallest absolute Gasteiger partial charge is 0.378 e. The van der Waals surface area contributed by atoms with Crippen molar-refractivity contribution in [1.82, 2.24) is 9.55 Å². The molecule has 3 rings (SSSR count). The molecule has 146 valence electrons. The van der Waals surface area contributed by atoms with Crippen LogP contribution in [0.1, 0.15) is 6.23 Å². The first-order valence-electron chi connectivity index (χ1n) is 7.82. The van der Waals surface area contributed by atoms with Crippen molar-refractivity contribution < 1.29 is 28.9 Å². The van der Waals surface area contributed by atoms with E-state index in [0.717, 1.165) is 16.8 Å². The van der Waals surface area contributed by atoms with Gasteiger partial charge in [0.05, 0.1) is 6.61 Å². The Bertz CT molecular complexity index is 949. The summed E-state index contributed by atoms with van der Waals surface area (Å²) in [5.41, 5.74) is -1.43. The van der Waals surface area contributed by atoms with Gasteiger partial charge in [-0.05, 0) is 12.1 Å². The summed E-state index contributed by atoms with van der Waals surface area (Å²) in [5, 5.41) is 20.0. The zero-order chi connectivity index (χ0) is 19.6. The summed E-state index contributed by atoms with van der Waals surface area (Å²) >= 11 is 4.97. The molecule has 1 aromatic heterocycles. The van der Waals surface area contributed by atoms with Gasteiger partial charge in [0.2, 0.25) is 0 Å². The molecule has 2 heterocycles. The van der Waals surface area contributed by atoms with Crippen LogP contribution in [-0.2, 0) is 21.1 Å². The molecule has 27 heavy (non-hydrogen) atoms. The van der Waals surface area contributed by atoms with Gasteiger partial charge in [-0.3, -0.25) is 18.9 Å². The maximum atomic E-state index is 11.9. The third kappa shape index (κ3) is 4.53. The van der Waals surface area contributed by atoms with Crippen LogP contribution in [0.5, 0.6) is 5.75 Å². The number of rotatable bonds is 6. The number of hydrogen-bond acceptors (Lipinski definition) is 8. The molecule has 0 radical (unpaired) electrons. The van der Waals surface area contributed by atoms with Gasteiger partial charge >= 0.3 is 12.4 Å². The van der Waals surface area contributed by atoms with Gasteiger partial charge in [0.15, 0.2) is 6.23 Å². The molecule has 1 aromatic carbocycles. The van der Waals surface area contributed by atoms with E-state index in [2.05, 4.69) is 0 Å². The molecule has 5 atom stereocenters. The van der Waals surface area contributed by atoms with Gasteiger partial charge in [-0.25, -0.2) is 4.79 Å². The van der Waals surface area contributed by atoms with E-state index < -0.39 is 49.1 Å². The molecule has 1 aliphatic heterocycles. The number of hydrogen-bond donors (Lipinski definition) is 4. The van der Waals surface area contributed by atoms with E-state index in [-0.39, 0.29) is 5.75 Å². The molecule has 0 spiro atoms. The number of ether oxygens (including phenoxy) is 1. The largest absolute Gasteiger partial charge is 0.424 e. The fourth-order valence-corrected chi connectivity index (χ4v) is 4.20. The third-order valence-electron chi connectivity index (χ3n) is 3.83. The molecule has 2 aromatic rings. The van der Waals surface area contributed by atoms with Gasteiger partial charge in [0.1, 0.15) is 24.1 Å². The Hall–Kier alpha value is -1.85. The van der Waals surface area contributed by atoms with Crippen LogP contribution in [0.3, 0.4) is 0 Å². The number of aliphatic hydroxyl groups is 2. The van der Waals surface area contributed by atoms with E-state index in [9.17, 15) is 24.7 Å². The molecule has 1 unspecified atom stereocenters. The number of nitrogens with zero attached hydrogens (tertiary/aromatic N) is 1. The quantitative estimate of drug-likeness (QED) is 0.457. The first kappa shape index (κ1) is 19.9. The highest BCUT2D eigenvalue weighted by atomic mass is 32.5. The van der Waals surface area contributed by atoms with Crippen LogP contribution in [0.4, 0.5) is 0 Å². The molecule has 12 heteroatoms. The number of aliphatic hydroxyl groups excluding tert-OH is 2. The van der Waals surface area contributed by atoms with Gasteiger partial charge in [-0.15, -0.1) is 0 Å².